The van der Waals surface area contributed by atoms with Gasteiger partial charge in [-0.15, -0.1) is 0 Å². The Morgan fingerprint density at radius 1 is 1.30 bits per heavy atom. The third-order valence-electron chi connectivity index (χ3n) is 2.12. The number of carbonyl (C=O) groups is 2. The number of hydrogen-bond acceptors (Lipinski definition) is 5. The van der Waals surface area contributed by atoms with Gasteiger partial charge in [-0.3, -0.25) is 20.4 Å². The molecule has 0 heterocycles. The molecule has 0 unspecified atom stereocenters. The number of thiocarbonyl (C=S) groups is 1. The van der Waals surface area contributed by atoms with E-state index >= 15 is 0 Å². The van der Waals surface area contributed by atoms with Gasteiger partial charge in [0.1, 0.15) is 6.54 Å². The van der Waals surface area contributed by atoms with E-state index in [4.69, 9.17) is 17.0 Å². The highest BCUT2D eigenvalue weighted by molar-refractivity contribution is 7.80. The number of ether oxygens (including phenoxy) is 1. The zero-order valence-electron chi connectivity index (χ0n) is 10.9. The molecular formula is C12H16N4O3S. The van der Waals surface area contributed by atoms with Crippen LogP contribution in [-0.4, -0.2) is 30.6 Å². The Morgan fingerprint density at radius 3 is 2.55 bits per heavy atom. The van der Waals surface area contributed by atoms with Gasteiger partial charge in [-0.05, 0) is 43.4 Å². The SMILES string of the molecule is CCOC(=O)CNC(=S)Nc1ccc(NNC=O)cc1. The number of nitrogens with one attached hydrogen (secondary N) is 4. The van der Waals surface area contributed by atoms with Gasteiger partial charge in [0.2, 0.25) is 6.41 Å². The van der Waals surface area contributed by atoms with Crippen LogP contribution in [0.25, 0.3) is 0 Å². The molecule has 0 fully saturated rings. The number of benzene rings is 1. The van der Waals surface area contributed by atoms with Crippen LogP contribution in [0.5, 0.6) is 0 Å². The van der Waals surface area contributed by atoms with E-state index in [0.29, 0.717) is 18.1 Å². The van der Waals surface area contributed by atoms with Crippen LogP contribution < -0.4 is 21.5 Å². The molecule has 0 aliphatic rings. The molecule has 4 N–H and O–H groups in total. The zero-order valence-corrected chi connectivity index (χ0v) is 11.8. The summed E-state index contributed by atoms with van der Waals surface area (Å²) in [5.74, 6) is -0.365. The Kier molecular flexibility index (Phi) is 6.83. The highest BCUT2D eigenvalue weighted by atomic mass is 32.1. The number of esters is 1. The molecule has 0 aromatic heterocycles. The summed E-state index contributed by atoms with van der Waals surface area (Å²) < 4.78 is 4.76. The number of anilines is 2. The van der Waals surface area contributed by atoms with Crippen LogP contribution in [0.15, 0.2) is 24.3 Å². The third-order valence-corrected chi connectivity index (χ3v) is 2.36. The molecule has 1 aromatic carbocycles. The molecule has 0 aliphatic carbocycles. The Hall–Kier alpha value is -2.35. The molecule has 1 rings (SSSR count). The van der Waals surface area contributed by atoms with E-state index in [-0.39, 0.29) is 12.5 Å². The van der Waals surface area contributed by atoms with Crippen molar-refractivity contribution in [3.63, 3.8) is 0 Å². The number of hydrogen-bond donors (Lipinski definition) is 4. The number of rotatable bonds is 7. The van der Waals surface area contributed by atoms with Crippen LogP contribution in [0, 0.1) is 0 Å². The lowest BCUT2D eigenvalue weighted by Gasteiger charge is -2.11. The maximum absolute atomic E-state index is 11.1. The van der Waals surface area contributed by atoms with Gasteiger partial charge in [0, 0.05) is 5.69 Å². The molecule has 0 bridgehead atoms. The van der Waals surface area contributed by atoms with Gasteiger partial charge in [-0.25, -0.2) is 0 Å². The minimum absolute atomic E-state index is 0.0164. The normalized spacial score (nSPS) is 9.25. The van der Waals surface area contributed by atoms with Gasteiger partial charge in [0.05, 0.1) is 12.3 Å². The molecule has 1 amide bonds. The Labute approximate surface area is 122 Å². The predicted octanol–water partition coefficient (Wildman–Crippen LogP) is 0.609. The minimum Gasteiger partial charge on any atom is -0.465 e. The molecule has 0 atom stereocenters. The first-order valence-corrected chi connectivity index (χ1v) is 6.32. The van der Waals surface area contributed by atoms with E-state index in [2.05, 4.69) is 21.5 Å². The number of amides is 1. The summed E-state index contributed by atoms with van der Waals surface area (Å²) >= 11 is 5.04. The van der Waals surface area contributed by atoms with Gasteiger partial charge < -0.3 is 15.4 Å². The fourth-order valence-electron chi connectivity index (χ4n) is 1.29. The van der Waals surface area contributed by atoms with Gasteiger partial charge in [0.15, 0.2) is 5.11 Å². The van der Waals surface area contributed by atoms with E-state index in [1.807, 2.05) is 0 Å². The fraction of sp³-hybridized carbons (Fsp3) is 0.250. The molecule has 20 heavy (non-hydrogen) atoms. The summed E-state index contributed by atoms with van der Waals surface area (Å²) in [6.07, 6.45) is 0.542. The molecule has 0 radical (unpaired) electrons. The van der Waals surface area contributed by atoms with Crippen LogP contribution in [0.4, 0.5) is 11.4 Å². The molecule has 0 aliphatic heterocycles. The molecule has 1 aromatic rings. The predicted molar refractivity (Wildman–Crippen MR) is 80.1 cm³/mol. The van der Waals surface area contributed by atoms with E-state index in [9.17, 15) is 9.59 Å². The van der Waals surface area contributed by atoms with E-state index in [0.717, 1.165) is 11.4 Å². The van der Waals surface area contributed by atoms with E-state index < -0.39 is 0 Å². The van der Waals surface area contributed by atoms with Crippen molar-refractivity contribution in [3.8, 4) is 0 Å². The first kappa shape index (κ1) is 15.7. The molecule has 0 saturated carbocycles. The van der Waals surface area contributed by atoms with E-state index in [1.165, 1.54) is 0 Å². The first-order valence-electron chi connectivity index (χ1n) is 5.91. The quantitative estimate of drug-likeness (QED) is 0.253. The van der Waals surface area contributed by atoms with Crippen LogP contribution in [0.1, 0.15) is 6.92 Å². The summed E-state index contributed by atoms with van der Waals surface area (Å²) in [6.45, 7) is 2.09. The zero-order chi connectivity index (χ0) is 14.8. The van der Waals surface area contributed by atoms with Crippen LogP contribution >= 0.6 is 12.2 Å². The molecule has 7 nitrogen and oxygen atoms in total. The van der Waals surface area contributed by atoms with Crippen molar-refractivity contribution in [2.24, 2.45) is 0 Å². The van der Waals surface area contributed by atoms with Gasteiger partial charge >= 0.3 is 5.97 Å². The smallest absolute Gasteiger partial charge is 0.325 e. The van der Waals surface area contributed by atoms with Crippen molar-refractivity contribution >= 4 is 41.1 Å². The second-order valence-corrected chi connectivity index (χ2v) is 3.99. The lowest BCUT2D eigenvalue weighted by Crippen LogP contribution is -2.33. The molecule has 0 spiro atoms. The van der Waals surface area contributed by atoms with Gasteiger partial charge in [0.25, 0.3) is 0 Å². The van der Waals surface area contributed by atoms with Crippen molar-refractivity contribution in [1.29, 1.82) is 0 Å². The summed E-state index contributed by atoms with van der Waals surface area (Å²) in [6, 6.07) is 7.06. The topological polar surface area (TPSA) is 91.5 Å². The number of hydrazine groups is 1. The largest absolute Gasteiger partial charge is 0.465 e. The van der Waals surface area contributed by atoms with Crippen LogP contribution in [0.3, 0.4) is 0 Å². The first-order chi connectivity index (χ1) is 9.65. The second-order valence-electron chi connectivity index (χ2n) is 3.58. The van der Waals surface area contributed by atoms with Gasteiger partial charge in [-0.1, -0.05) is 0 Å². The molecule has 0 saturated heterocycles. The highest BCUT2D eigenvalue weighted by Crippen LogP contribution is 2.12. The summed E-state index contributed by atoms with van der Waals surface area (Å²) in [7, 11) is 0. The maximum atomic E-state index is 11.1. The van der Waals surface area contributed by atoms with Crippen molar-refractivity contribution in [1.82, 2.24) is 10.7 Å². The average Bonchev–Trinajstić information content (AvgIpc) is 2.45. The molecular weight excluding hydrogens is 280 g/mol. The lowest BCUT2D eigenvalue weighted by atomic mass is 10.3. The van der Waals surface area contributed by atoms with Crippen LogP contribution in [0.2, 0.25) is 0 Å². The minimum atomic E-state index is -0.365. The summed E-state index contributed by atoms with van der Waals surface area (Å²) in [4.78, 5) is 21.2. The lowest BCUT2D eigenvalue weighted by molar-refractivity contribution is -0.141. The monoisotopic (exact) mass is 296 g/mol. The average molecular weight is 296 g/mol. The van der Waals surface area contributed by atoms with Crippen molar-refractivity contribution in [2.45, 2.75) is 6.92 Å². The van der Waals surface area contributed by atoms with Crippen molar-refractivity contribution < 1.29 is 14.3 Å². The third kappa shape index (κ3) is 6.01. The maximum Gasteiger partial charge on any atom is 0.325 e. The Morgan fingerprint density at radius 2 is 1.95 bits per heavy atom. The Bertz CT molecular complexity index is 464. The molecule has 108 valence electrons. The van der Waals surface area contributed by atoms with Gasteiger partial charge in [-0.2, -0.15) is 0 Å². The van der Waals surface area contributed by atoms with Crippen LogP contribution in [-0.2, 0) is 14.3 Å². The standard InChI is InChI=1S/C12H16N4O3S/c1-2-19-11(18)7-13-12(20)15-9-3-5-10(6-4-9)16-14-8-17/h3-6,8,16H,2,7H2,1H3,(H,14,17)(H2,13,15,20). The van der Waals surface area contributed by atoms with Crippen molar-refractivity contribution in [2.75, 3.05) is 23.9 Å². The number of carbonyl (C=O) groups excluding carboxylic acids is 2. The Balaban J connectivity index is 2.38. The van der Waals surface area contributed by atoms with E-state index in [1.54, 1.807) is 31.2 Å². The summed E-state index contributed by atoms with van der Waals surface area (Å²) in [5.41, 5.74) is 6.48. The van der Waals surface area contributed by atoms with Crippen molar-refractivity contribution in [3.05, 3.63) is 24.3 Å². The highest BCUT2D eigenvalue weighted by Gasteiger charge is 2.03. The summed E-state index contributed by atoms with van der Waals surface area (Å²) in [5, 5.41) is 5.98. The second kappa shape index (κ2) is 8.70. The fourth-order valence-corrected chi connectivity index (χ4v) is 1.48. The molecule has 8 heteroatoms.